The Balaban J connectivity index is 2.39. The molecule has 1 aliphatic rings. The number of alkyl halides is 3. The van der Waals surface area contributed by atoms with Gasteiger partial charge in [0.05, 0.1) is 11.8 Å². The van der Waals surface area contributed by atoms with Gasteiger partial charge in [-0.1, -0.05) is 0 Å². The number of carbonyl (C=O) groups excluding carboxylic acids is 1. The van der Waals surface area contributed by atoms with Crippen molar-refractivity contribution in [1.82, 2.24) is 14.7 Å². The predicted molar refractivity (Wildman–Crippen MR) is 66.1 cm³/mol. The minimum absolute atomic E-state index is 0.173. The maximum Gasteiger partial charge on any atom is 0.433 e. The van der Waals surface area contributed by atoms with Gasteiger partial charge < -0.3 is 10.6 Å². The quantitative estimate of drug-likeness (QED) is 0.901. The molecule has 1 fully saturated rings. The lowest BCUT2D eigenvalue weighted by Gasteiger charge is -2.18. The van der Waals surface area contributed by atoms with E-state index in [2.05, 4.69) is 5.10 Å². The van der Waals surface area contributed by atoms with Crippen molar-refractivity contribution in [3.05, 3.63) is 17.5 Å². The Hall–Kier alpha value is -1.57. The maximum absolute atomic E-state index is 13.2. The number of amides is 1. The highest BCUT2D eigenvalue weighted by molar-refractivity contribution is 5.95. The summed E-state index contributed by atoms with van der Waals surface area (Å²) in [6, 6.07) is -0.651. The molecule has 0 radical (unpaired) electrons. The van der Waals surface area contributed by atoms with Crippen LogP contribution in [0.4, 0.5) is 13.2 Å². The molecule has 20 heavy (non-hydrogen) atoms. The summed E-state index contributed by atoms with van der Waals surface area (Å²) in [7, 11) is 0. The first-order valence-corrected chi connectivity index (χ1v) is 6.41. The van der Waals surface area contributed by atoms with Crippen molar-refractivity contribution in [1.29, 1.82) is 0 Å². The zero-order chi connectivity index (χ0) is 15.1. The number of likely N-dealkylation sites (tertiary alicyclic amines) is 1. The summed E-state index contributed by atoms with van der Waals surface area (Å²) in [6.07, 6.45) is -3.02. The second-order valence-corrected chi connectivity index (χ2v) is 5.24. The van der Waals surface area contributed by atoms with E-state index in [1.54, 1.807) is 13.8 Å². The molecule has 5 nitrogen and oxygen atoms in total. The molecule has 1 saturated heterocycles. The Bertz CT molecular complexity index is 509. The molecular weight excluding hydrogens is 273 g/mol. The molecule has 0 bridgehead atoms. The van der Waals surface area contributed by atoms with E-state index in [1.165, 1.54) is 4.90 Å². The second-order valence-electron chi connectivity index (χ2n) is 5.24. The summed E-state index contributed by atoms with van der Waals surface area (Å²) in [5.74, 6) is -0.655. The Kier molecular flexibility index (Phi) is 3.77. The van der Waals surface area contributed by atoms with E-state index < -0.39 is 29.4 Å². The molecule has 0 unspecified atom stereocenters. The van der Waals surface area contributed by atoms with Crippen LogP contribution in [0.5, 0.6) is 0 Å². The Morgan fingerprint density at radius 2 is 2.15 bits per heavy atom. The molecule has 1 aromatic heterocycles. The van der Waals surface area contributed by atoms with Crippen molar-refractivity contribution in [2.24, 2.45) is 5.73 Å². The molecule has 2 N–H and O–H groups in total. The van der Waals surface area contributed by atoms with Crippen LogP contribution in [0.1, 0.15) is 42.4 Å². The fourth-order valence-electron chi connectivity index (χ4n) is 2.33. The van der Waals surface area contributed by atoms with E-state index in [0.717, 1.165) is 10.9 Å². The van der Waals surface area contributed by atoms with Gasteiger partial charge in [-0.05, 0) is 20.3 Å². The third-order valence-corrected chi connectivity index (χ3v) is 3.30. The molecule has 1 aliphatic heterocycles. The van der Waals surface area contributed by atoms with Crippen molar-refractivity contribution in [2.75, 3.05) is 13.1 Å². The highest BCUT2D eigenvalue weighted by Gasteiger charge is 2.42. The number of aromatic nitrogens is 2. The van der Waals surface area contributed by atoms with Crippen molar-refractivity contribution in [2.45, 2.75) is 38.5 Å². The molecule has 0 spiro atoms. The number of nitrogens with zero attached hydrogens (tertiary/aromatic N) is 3. The van der Waals surface area contributed by atoms with Crippen LogP contribution in [-0.4, -0.2) is 39.7 Å². The lowest BCUT2D eigenvalue weighted by molar-refractivity contribution is -0.145. The van der Waals surface area contributed by atoms with Gasteiger partial charge in [0, 0.05) is 25.2 Å². The van der Waals surface area contributed by atoms with Crippen molar-refractivity contribution in [3.63, 3.8) is 0 Å². The van der Waals surface area contributed by atoms with E-state index in [-0.39, 0.29) is 12.6 Å². The molecule has 8 heteroatoms. The standard InChI is InChI=1S/C12H17F3N4O/c1-7(2)19-10(12(13,14)15)9(5-17-19)11(20)18-4-3-8(16)6-18/h5,7-8H,3-4,6,16H2,1-2H3/t8-/m1/s1. The van der Waals surface area contributed by atoms with E-state index in [4.69, 9.17) is 5.73 Å². The van der Waals surface area contributed by atoms with Gasteiger partial charge in [0.15, 0.2) is 5.69 Å². The smallest absolute Gasteiger partial charge is 0.337 e. The minimum Gasteiger partial charge on any atom is -0.337 e. The van der Waals surface area contributed by atoms with Crippen LogP contribution in [0.3, 0.4) is 0 Å². The summed E-state index contributed by atoms with van der Waals surface area (Å²) < 4.78 is 40.3. The van der Waals surface area contributed by atoms with Gasteiger partial charge in [-0.2, -0.15) is 18.3 Å². The third kappa shape index (κ3) is 2.65. The number of nitrogens with two attached hydrogens (primary N) is 1. The lowest BCUT2D eigenvalue weighted by atomic mass is 10.2. The second kappa shape index (κ2) is 5.08. The molecule has 0 saturated carbocycles. The van der Waals surface area contributed by atoms with Crippen LogP contribution in [0.2, 0.25) is 0 Å². The van der Waals surface area contributed by atoms with Crippen molar-refractivity contribution >= 4 is 5.91 Å². The van der Waals surface area contributed by atoms with Crippen LogP contribution >= 0.6 is 0 Å². The van der Waals surface area contributed by atoms with E-state index in [1.807, 2.05) is 0 Å². The molecule has 0 aliphatic carbocycles. The highest BCUT2D eigenvalue weighted by atomic mass is 19.4. The van der Waals surface area contributed by atoms with Gasteiger partial charge in [-0.25, -0.2) is 0 Å². The highest BCUT2D eigenvalue weighted by Crippen LogP contribution is 2.34. The summed E-state index contributed by atoms with van der Waals surface area (Å²) in [5, 5.41) is 3.71. The summed E-state index contributed by atoms with van der Waals surface area (Å²) in [6.45, 7) is 3.83. The first kappa shape index (κ1) is 14.8. The first-order chi connectivity index (χ1) is 9.21. The van der Waals surface area contributed by atoms with Crippen LogP contribution in [-0.2, 0) is 6.18 Å². The largest absolute Gasteiger partial charge is 0.433 e. The summed E-state index contributed by atoms with van der Waals surface area (Å²) in [4.78, 5) is 13.6. The SMILES string of the molecule is CC(C)n1ncc(C(=O)N2CC[C@@H](N)C2)c1C(F)(F)F. The molecule has 1 atom stereocenters. The van der Waals surface area contributed by atoms with Gasteiger partial charge in [0.2, 0.25) is 0 Å². The van der Waals surface area contributed by atoms with Gasteiger partial charge >= 0.3 is 6.18 Å². The van der Waals surface area contributed by atoms with Gasteiger partial charge in [0.1, 0.15) is 0 Å². The fraction of sp³-hybridized carbons (Fsp3) is 0.667. The fourth-order valence-corrected chi connectivity index (χ4v) is 2.33. The molecule has 2 heterocycles. The minimum atomic E-state index is -4.62. The predicted octanol–water partition coefficient (Wildman–Crippen LogP) is 1.66. The number of halogens is 3. The van der Waals surface area contributed by atoms with Crippen LogP contribution in [0, 0.1) is 0 Å². The topological polar surface area (TPSA) is 64.2 Å². The number of hydrogen-bond donors (Lipinski definition) is 1. The number of hydrogen-bond acceptors (Lipinski definition) is 3. The van der Waals surface area contributed by atoms with E-state index >= 15 is 0 Å². The number of carbonyl (C=O) groups is 1. The van der Waals surface area contributed by atoms with E-state index in [9.17, 15) is 18.0 Å². The van der Waals surface area contributed by atoms with Crippen molar-refractivity contribution < 1.29 is 18.0 Å². The molecule has 112 valence electrons. The molecule has 2 rings (SSSR count). The van der Waals surface area contributed by atoms with Crippen molar-refractivity contribution in [3.8, 4) is 0 Å². The average molecular weight is 290 g/mol. The zero-order valence-corrected chi connectivity index (χ0v) is 11.3. The molecular formula is C12H17F3N4O. The monoisotopic (exact) mass is 290 g/mol. The van der Waals surface area contributed by atoms with Crippen LogP contribution in [0.15, 0.2) is 6.20 Å². The summed E-state index contributed by atoms with van der Waals surface area (Å²) >= 11 is 0. The normalized spacial score (nSPS) is 19.9. The Morgan fingerprint density at radius 1 is 1.50 bits per heavy atom. The van der Waals surface area contributed by atoms with Gasteiger partial charge in [-0.15, -0.1) is 0 Å². The van der Waals surface area contributed by atoms with Gasteiger partial charge in [0.25, 0.3) is 5.91 Å². The lowest BCUT2D eigenvalue weighted by Crippen LogP contribution is -2.33. The molecule has 1 aromatic rings. The molecule has 0 aromatic carbocycles. The average Bonchev–Trinajstić information content (AvgIpc) is 2.92. The summed E-state index contributed by atoms with van der Waals surface area (Å²) in [5.41, 5.74) is 4.29. The Morgan fingerprint density at radius 3 is 2.60 bits per heavy atom. The maximum atomic E-state index is 13.2. The first-order valence-electron chi connectivity index (χ1n) is 6.41. The van der Waals surface area contributed by atoms with Crippen LogP contribution < -0.4 is 5.73 Å². The Labute approximate surface area is 114 Å². The van der Waals surface area contributed by atoms with Crippen LogP contribution in [0.25, 0.3) is 0 Å². The number of rotatable bonds is 2. The van der Waals surface area contributed by atoms with E-state index in [0.29, 0.717) is 13.0 Å². The third-order valence-electron chi connectivity index (χ3n) is 3.30. The van der Waals surface area contributed by atoms with Gasteiger partial charge in [-0.3, -0.25) is 9.48 Å². The molecule has 1 amide bonds. The zero-order valence-electron chi connectivity index (χ0n) is 11.3.